The number of ether oxygens (including phenoxy) is 2. The predicted octanol–water partition coefficient (Wildman–Crippen LogP) is 3.84. The molecule has 5 rings (SSSR count). The van der Waals surface area contributed by atoms with Gasteiger partial charge >= 0.3 is 0 Å². The van der Waals surface area contributed by atoms with Gasteiger partial charge in [-0.25, -0.2) is 4.98 Å². The average molecular weight is 457 g/mol. The Bertz CT molecular complexity index is 1140. The van der Waals surface area contributed by atoms with Crippen molar-refractivity contribution in [2.45, 2.75) is 32.3 Å². The van der Waals surface area contributed by atoms with Gasteiger partial charge in [0.15, 0.2) is 0 Å². The first-order valence-electron chi connectivity index (χ1n) is 9.50. The number of aromatic nitrogens is 2. The molecule has 3 N–H and O–H groups in total. The van der Waals surface area contributed by atoms with Gasteiger partial charge in [-0.1, -0.05) is 22.0 Å². The Labute approximate surface area is 176 Å². The molecule has 0 radical (unpaired) electrons. The highest BCUT2D eigenvalue weighted by atomic mass is 79.9. The summed E-state index contributed by atoms with van der Waals surface area (Å²) >= 11 is 3.52. The number of likely N-dealkylation sites (N-methyl/N-ethyl adjacent to an activating group) is 1. The van der Waals surface area contributed by atoms with Crippen LogP contribution >= 0.6 is 15.9 Å². The van der Waals surface area contributed by atoms with E-state index in [1.165, 1.54) is 0 Å². The van der Waals surface area contributed by atoms with Gasteiger partial charge in [0.05, 0.1) is 43.0 Å². The second-order valence-electron chi connectivity index (χ2n) is 7.57. The van der Waals surface area contributed by atoms with Crippen molar-refractivity contribution < 1.29 is 14.3 Å². The number of nitrogens with zero attached hydrogens (tertiary/aromatic N) is 2. The highest BCUT2D eigenvalue weighted by Crippen LogP contribution is 2.37. The fourth-order valence-corrected chi connectivity index (χ4v) is 4.60. The van der Waals surface area contributed by atoms with Crippen molar-refractivity contribution in [3.63, 3.8) is 0 Å². The molecule has 0 fully saturated rings. The Hall–Kier alpha value is -2.42. The number of H-pyrrole nitrogens is 1. The maximum atomic E-state index is 13.3. The number of nitrogens with two attached hydrogens (primary N) is 1. The Morgan fingerprint density at radius 3 is 2.90 bits per heavy atom. The number of nitrogens with one attached hydrogen (secondary N) is 1. The van der Waals surface area contributed by atoms with Gasteiger partial charge in [0, 0.05) is 22.6 Å². The number of nitrogen functional groups attached to an aromatic ring is 1. The molecule has 0 saturated heterocycles. The molecule has 2 aliphatic heterocycles. The zero-order valence-corrected chi connectivity index (χ0v) is 17.7. The summed E-state index contributed by atoms with van der Waals surface area (Å²) in [6.45, 7) is 3.40. The molecular weight excluding hydrogens is 436 g/mol. The number of carbonyl (C=O) groups excluding carboxylic acids is 1. The van der Waals surface area contributed by atoms with Crippen LogP contribution in [0.15, 0.2) is 28.7 Å². The number of hydrogen-bond acceptors (Lipinski definition) is 5. The van der Waals surface area contributed by atoms with E-state index >= 15 is 0 Å². The second kappa shape index (κ2) is 6.83. The Morgan fingerprint density at radius 2 is 2.07 bits per heavy atom. The number of halogens is 1. The third-order valence-electron chi connectivity index (χ3n) is 5.87. The summed E-state index contributed by atoms with van der Waals surface area (Å²) in [5, 5.41) is 0. The van der Waals surface area contributed by atoms with Crippen LogP contribution in [0.2, 0.25) is 0 Å². The van der Waals surface area contributed by atoms with Gasteiger partial charge in [0.25, 0.3) is 5.91 Å². The molecule has 0 unspecified atom stereocenters. The molecular formula is C21H21BrN4O3. The van der Waals surface area contributed by atoms with Gasteiger partial charge in [-0.15, -0.1) is 0 Å². The van der Waals surface area contributed by atoms with Crippen LogP contribution in [0.25, 0.3) is 11.0 Å². The summed E-state index contributed by atoms with van der Waals surface area (Å²) in [4.78, 5) is 22.7. The van der Waals surface area contributed by atoms with Crippen molar-refractivity contribution in [1.29, 1.82) is 0 Å². The molecule has 29 heavy (non-hydrogen) atoms. The quantitative estimate of drug-likeness (QED) is 0.610. The number of anilines is 1. The molecule has 2 atom stereocenters. The smallest absolute Gasteiger partial charge is 0.270 e. The predicted molar refractivity (Wildman–Crippen MR) is 112 cm³/mol. The van der Waals surface area contributed by atoms with Crippen molar-refractivity contribution in [3.05, 3.63) is 56.7 Å². The van der Waals surface area contributed by atoms with Crippen LogP contribution < -0.4 is 5.73 Å². The van der Waals surface area contributed by atoms with Gasteiger partial charge < -0.3 is 25.1 Å². The van der Waals surface area contributed by atoms with Gasteiger partial charge in [-0.05, 0) is 36.2 Å². The number of pyridine rings is 1. The fourth-order valence-electron chi connectivity index (χ4n) is 4.22. The van der Waals surface area contributed by atoms with Gasteiger partial charge in [-0.2, -0.15) is 0 Å². The summed E-state index contributed by atoms with van der Waals surface area (Å²) in [5.41, 5.74) is 12.1. The minimum absolute atomic E-state index is 0.00918. The van der Waals surface area contributed by atoms with E-state index < -0.39 is 0 Å². The van der Waals surface area contributed by atoms with Crippen molar-refractivity contribution in [1.82, 2.24) is 14.9 Å². The van der Waals surface area contributed by atoms with Crippen LogP contribution in [0, 0.1) is 0 Å². The van der Waals surface area contributed by atoms with E-state index in [2.05, 4.69) is 38.0 Å². The third kappa shape index (κ3) is 2.94. The molecule has 0 aliphatic carbocycles. The summed E-state index contributed by atoms with van der Waals surface area (Å²) in [6.07, 6.45) is -0.00918. The number of amides is 1. The van der Waals surface area contributed by atoms with Crippen molar-refractivity contribution >= 4 is 38.7 Å². The van der Waals surface area contributed by atoms with Crippen molar-refractivity contribution in [2.24, 2.45) is 0 Å². The number of fused-ring (bicyclic) bond motifs is 4. The molecule has 2 aliphatic rings. The SMILES string of the molecule is C[C@H]1OC[C@@H](N(C)C(=O)c2cc3nc(N)c4c(c3[nH]2)COC4)c2ccc(Br)cc21. The lowest BCUT2D eigenvalue weighted by atomic mass is 9.94. The monoisotopic (exact) mass is 456 g/mol. The maximum absolute atomic E-state index is 13.3. The molecule has 0 saturated carbocycles. The fraction of sp³-hybridized carbons (Fsp3) is 0.333. The van der Waals surface area contributed by atoms with E-state index in [9.17, 15) is 4.79 Å². The average Bonchev–Trinajstić information content (AvgIpc) is 3.35. The molecule has 7 nitrogen and oxygen atoms in total. The normalized spacial score (nSPS) is 20.5. The maximum Gasteiger partial charge on any atom is 0.270 e. The largest absolute Gasteiger partial charge is 0.383 e. The highest BCUT2D eigenvalue weighted by molar-refractivity contribution is 9.10. The zero-order chi connectivity index (χ0) is 20.3. The minimum Gasteiger partial charge on any atom is -0.383 e. The topological polar surface area (TPSA) is 93.5 Å². The summed E-state index contributed by atoms with van der Waals surface area (Å²) in [5.74, 6) is 0.344. The molecule has 1 amide bonds. The van der Waals surface area contributed by atoms with Crippen LogP contribution in [-0.2, 0) is 22.7 Å². The van der Waals surface area contributed by atoms with E-state index in [0.717, 1.165) is 32.2 Å². The summed E-state index contributed by atoms with van der Waals surface area (Å²) < 4.78 is 12.5. The van der Waals surface area contributed by atoms with Gasteiger partial charge in [0.1, 0.15) is 11.5 Å². The van der Waals surface area contributed by atoms with Crippen LogP contribution in [-0.4, -0.2) is 34.4 Å². The van der Waals surface area contributed by atoms with E-state index in [4.69, 9.17) is 15.2 Å². The lowest BCUT2D eigenvalue weighted by Gasteiger charge is -2.35. The van der Waals surface area contributed by atoms with Crippen LogP contribution in [0.4, 0.5) is 5.82 Å². The summed E-state index contributed by atoms with van der Waals surface area (Å²) in [7, 11) is 1.80. The lowest BCUT2D eigenvalue weighted by molar-refractivity contribution is 0.00475. The van der Waals surface area contributed by atoms with Gasteiger partial charge in [0.2, 0.25) is 0 Å². The standard InChI is InChI=1S/C21H21BrN4O3/c1-10-13-5-11(22)3-4-12(13)18(9-29-10)26(2)21(27)17-6-16-19(24-17)14-7-28-8-15(14)20(23)25-16/h3-6,10,18,24H,7-9H2,1-2H3,(H2,23,25)/t10-,18-/m1/s1. The number of benzene rings is 1. The molecule has 2 aromatic heterocycles. The first-order valence-corrected chi connectivity index (χ1v) is 10.3. The molecule has 8 heteroatoms. The van der Waals surface area contributed by atoms with E-state index in [1.807, 2.05) is 13.0 Å². The second-order valence-corrected chi connectivity index (χ2v) is 8.49. The highest BCUT2D eigenvalue weighted by Gasteiger charge is 2.32. The van der Waals surface area contributed by atoms with E-state index in [-0.39, 0.29) is 18.1 Å². The molecule has 3 aromatic rings. The first kappa shape index (κ1) is 18.6. The molecule has 1 aromatic carbocycles. The van der Waals surface area contributed by atoms with Crippen LogP contribution in [0.5, 0.6) is 0 Å². The number of carbonyl (C=O) groups is 1. The Balaban J connectivity index is 1.51. The van der Waals surface area contributed by atoms with Crippen LogP contribution in [0.3, 0.4) is 0 Å². The number of hydrogen-bond donors (Lipinski definition) is 2. The van der Waals surface area contributed by atoms with Gasteiger partial charge in [-0.3, -0.25) is 4.79 Å². The molecule has 4 heterocycles. The number of rotatable bonds is 2. The van der Waals surface area contributed by atoms with Crippen LogP contribution in [0.1, 0.15) is 51.8 Å². The Kier molecular flexibility index (Phi) is 4.38. The Morgan fingerprint density at radius 1 is 1.28 bits per heavy atom. The van der Waals surface area contributed by atoms with E-state index in [1.54, 1.807) is 18.0 Å². The van der Waals surface area contributed by atoms with E-state index in [0.29, 0.717) is 36.8 Å². The zero-order valence-electron chi connectivity index (χ0n) is 16.2. The first-order chi connectivity index (χ1) is 13.9. The molecule has 0 bridgehead atoms. The molecule has 0 spiro atoms. The molecule has 150 valence electrons. The minimum atomic E-state index is -0.166. The third-order valence-corrected chi connectivity index (χ3v) is 6.37. The lowest BCUT2D eigenvalue weighted by Crippen LogP contribution is -2.37. The van der Waals surface area contributed by atoms with Crippen molar-refractivity contribution in [3.8, 4) is 0 Å². The summed E-state index contributed by atoms with van der Waals surface area (Å²) in [6, 6.07) is 7.72. The number of aromatic amines is 1. The van der Waals surface area contributed by atoms with Crippen molar-refractivity contribution in [2.75, 3.05) is 19.4 Å².